The maximum atomic E-state index is 12.9. The van der Waals surface area contributed by atoms with Crippen LogP contribution in [0.15, 0.2) is 60.7 Å². The number of allylic oxidation sites excluding steroid dienone is 2. The predicted molar refractivity (Wildman–Crippen MR) is 123 cm³/mol. The Bertz CT molecular complexity index is 1270. The quantitative estimate of drug-likeness (QED) is 0.493. The number of rotatable bonds is 3. The molecule has 0 bridgehead atoms. The lowest BCUT2D eigenvalue weighted by Gasteiger charge is -2.15. The Morgan fingerprint density at radius 2 is 1.59 bits per heavy atom. The van der Waals surface area contributed by atoms with Crippen LogP contribution in [0.5, 0.6) is 0 Å². The first-order valence-electron chi connectivity index (χ1n) is 10.7. The van der Waals surface area contributed by atoms with E-state index in [9.17, 15) is 14.4 Å². The summed E-state index contributed by atoms with van der Waals surface area (Å²) in [6.07, 6.45) is 5.14. The molecular formula is C26H23N3O3. The minimum atomic E-state index is -0.276. The number of pyridine rings is 1. The first kappa shape index (κ1) is 20.1. The molecule has 6 heteroatoms. The number of fused-ring (bicyclic) bond motifs is 2. The summed E-state index contributed by atoms with van der Waals surface area (Å²) in [5, 5.41) is 3.86. The molecule has 0 radical (unpaired) electrons. The standard InChI is InChI=1S/C26H23N3O3/c1-15-7-12-22-21(13-15)23(14-16(2)27-22)28-24(30)17-8-10-18(11-9-17)29-25(31)19-5-3-4-6-20(19)26(29)32/h3-4,7-14,19-20H,5-6H2,1-2H3,(H,27,28,30). The van der Waals surface area contributed by atoms with Crippen LogP contribution in [0.1, 0.15) is 34.5 Å². The largest absolute Gasteiger partial charge is 0.321 e. The molecule has 0 saturated carbocycles. The molecular weight excluding hydrogens is 402 g/mol. The van der Waals surface area contributed by atoms with Crippen LogP contribution in [-0.2, 0) is 9.59 Å². The second-order valence-corrected chi connectivity index (χ2v) is 8.50. The summed E-state index contributed by atoms with van der Waals surface area (Å²) in [6, 6.07) is 14.4. The van der Waals surface area contributed by atoms with Gasteiger partial charge in [0, 0.05) is 16.6 Å². The highest BCUT2D eigenvalue weighted by molar-refractivity contribution is 6.22. The highest BCUT2D eigenvalue weighted by Crippen LogP contribution is 2.37. The average molecular weight is 425 g/mol. The number of hydrogen-bond acceptors (Lipinski definition) is 4. The van der Waals surface area contributed by atoms with Crippen LogP contribution in [0.2, 0.25) is 0 Å². The maximum absolute atomic E-state index is 12.9. The van der Waals surface area contributed by atoms with Gasteiger partial charge in [0.1, 0.15) is 0 Å². The summed E-state index contributed by atoms with van der Waals surface area (Å²) in [6.45, 7) is 3.89. The SMILES string of the molecule is Cc1ccc2nc(C)cc(NC(=O)c3ccc(N4C(=O)C5CC=CCC5C4=O)cc3)c2c1. The number of aromatic nitrogens is 1. The lowest BCUT2D eigenvalue weighted by molar-refractivity contribution is -0.122. The van der Waals surface area contributed by atoms with Crippen molar-refractivity contribution in [3.63, 3.8) is 0 Å². The van der Waals surface area contributed by atoms with E-state index in [-0.39, 0.29) is 29.6 Å². The Morgan fingerprint density at radius 3 is 2.25 bits per heavy atom. The van der Waals surface area contributed by atoms with Crippen molar-refractivity contribution in [1.82, 2.24) is 4.98 Å². The molecule has 2 aliphatic rings. The summed E-state index contributed by atoms with van der Waals surface area (Å²) in [5.74, 6) is -1.13. The molecule has 0 spiro atoms. The molecule has 1 saturated heterocycles. The van der Waals surface area contributed by atoms with E-state index in [0.29, 0.717) is 29.8 Å². The van der Waals surface area contributed by atoms with Crippen LogP contribution in [0.4, 0.5) is 11.4 Å². The molecule has 32 heavy (non-hydrogen) atoms. The molecule has 3 amide bonds. The van der Waals surface area contributed by atoms with Crippen LogP contribution in [0.3, 0.4) is 0 Å². The van der Waals surface area contributed by atoms with E-state index in [1.165, 1.54) is 4.90 Å². The van der Waals surface area contributed by atoms with Gasteiger partial charge in [-0.15, -0.1) is 0 Å². The van der Waals surface area contributed by atoms with Crippen molar-refractivity contribution >= 4 is 40.0 Å². The number of carbonyl (C=O) groups is 3. The zero-order valence-electron chi connectivity index (χ0n) is 18.0. The normalized spacial score (nSPS) is 20.0. The molecule has 6 nitrogen and oxygen atoms in total. The molecule has 1 aliphatic heterocycles. The number of aryl methyl sites for hydroxylation is 2. The highest BCUT2D eigenvalue weighted by atomic mass is 16.2. The summed E-state index contributed by atoms with van der Waals surface area (Å²) in [4.78, 5) is 44.3. The molecule has 160 valence electrons. The molecule has 1 aliphatic carbocycles. The number of anilines is 2. The predicted octanol–water partition coefficient (Wildman–Crippen LogP) is 4.56. The number of nitrogens with zero attached hydrogens (tertiary/aromatic N) is 2. The third kappa shape index (κ3) is 3.38. The monoisotopic (exact) mass is 425 g/mol. The Hall–Kier alpha value is -3.80. The summed E-state index contributed by atoms with van der Waals surface area (Å²) >= 11 is 0. The fourth-order valence-corrected chi connectivity index (χ4v) is 4.59. The van der Waals surface area contributed by atoms with Crippen LogP contribution < -0.4 is 10.2 Å². The fraction of sp³-hybridized carbons (Fsp3) is 0.231. The molecule has 5 rings (SSSR count). The van der Waals surface area contributed by atoms with Gasteiger partial charge in [0.15, 0.2) is 0 Å². The molecule has 1 N–H and O–H groups in total. The van der Waals surface area contributed by atoms with Crippen LogP contribution >= 0.6 is 0 Å². The van der Waals surface area contributed by atoms with Crippen LogP contribution in [0.25, 0.3) is 10.9 Å². The van der Waals surface area contributed by atoms with E-state index in [2.05, 4.69) is 10.3 Å². The lowest BCUT2D eigenvalue weighted by Crippen LogP contribution is -2.30. The van der Waals surface area contributed by atoms with Gasteiger partial charge in [-0.25, -0.2) is 0 Å². The molecule has 1 aromatic heterocycles. The molecule has 1 fully saturated rings. The zero-order valence-corrected chi connectivity index (χ0v) is 18.0. The number of amides is 3. The molecule has 2 atom stereocenters. The number of benzene rings is 2. The molecule has 2 aromatic carbocycles. The first-order chi connectivity index (χ1) is 15.4. The van der Waals surface area contributed by atoms with Gasteiger partial charge in [-0.3, -0.25) is 24.3 Å². The van der Waals surface area contributed by atoms with E-state index in [4.69, 9.17) is 0 Å². The number of imide groups is 1. The van der Waals surface area contributed by atoms with Gasteiger partial charge in [-0.2, -0.15) is 0 Å². The maximum Gasteiger partial charge on any atom is 0.255 e. The van der Waals surface area contributed by atoms with Crippen molar-refractivity contribution in [3.05, 3.63) is 77.5 Å². The van der Waals surface area contributed by atoms with Crippen molar-refractivity contribution in [3.8, 4) is 0 Å². The second-order valence-electron chi connectivity index (χ2n) is 8.50. The average Bonchev–Trinajstić information content (AvgIpc) is 3.04. The Balaban J connectivity index is 1.39. The summed E-state index contributed by atoms with van der Waals surface area (Å²) < 4.78 is 0. The second kappa shape index (κ2) is 7.71. The zero-order chi connectivity index (χ0) is 22.4. The van der Waals surface area contributed by atoms with Crippen molar-refractivity contribution in [2.45, 2.75) is 26.7 Å². The van der Waals surface area contributed by atoms with Crippen molar-refractivity contribution < 1.29 is 14.4 Å². The van der Waals surface area contributed by atoms with Gasteiger partial charge in [-0.1, -0.05) is 23.8 Å². The third-order valence-electron chi connectivity index (χ3n) is 6.24. The Kier molecular flexibility index (Phi) is 4.85. The Labute approximate surface area is 185 Å². The van der Waals surface area contributed by atoms with Gasteiger partial charge in [0.05, 0.1) is 28.7 Å². The van der Waals surface area contributed by atoms with Crippen molar-refractivity contribution in [1.29, 1.82) is 0 Å². The van der Waals surface area contributed by atoms with Crippen molar-refractivity contribution in [2.75, 3.05) is 10.2 Å². The van der Waals surface area contributed by atoms with Crippen LogP contribution in [-0.4, -0.2) is 22.7 Å². The van der Waals surface area contributed by atoms with Gasteiger partial charge < -0.3 is 5.32 Å². The third-order valence-corrected chi connectivity index (χ3v) is 6.24. The fourth-order valence-electron chi connectivity index (χ4n) is 4.59. The van der Waals surface area contributed by atoms with Gasteiger partial charge in [-0.05, 0) is 69.2 Å². The molecule has 3 aromatic rings. The van der Waals surface area contributed by atoms with E-state index >= 15 is 0 Å². The van der Waals surface area contributed by atoms with E-state index < -0.39 is 0 Å². The first-order valence-corrected chi connectivity index (χ1v) is 10.7. The van der Waals surface area contributed by atoms with Gasteiger partial charge in [0.25, 0.3) is 5.91 Å². The summed E-state index contributed by atoms with van der Waals surface area (Å²) in [5.41, 5.74) is 4.37. The minimum Gasteiger partial charge on any atom is -0.321 e. The van der Waals surface area contributed by atoms with Crippen molar-refractivity contribution in [2.24, 2.45) is 11.8 Å². The number of nitrogens with one attached hydrogen (secondary N) is 1. The number of hydrogen-bond donors (Lipinski definition) is 1. The van der Waals surface area contributed by atoms with Gasteiger partial charge >= 0.3 is 0 Å². The van der Waals surface area contributed by atoms with E-state index in [1.807, 2.05) is 50.3 Å². The van der Waals surface area contributed by atoms with E-state index in [1.54, 1.807) is 24.3 Å². The van der Waals surface area contributed by atoms with Crippen LogP contribution in [0, 0.1) is 25.7 Å². The minimum absolute atomic E-state index is 0.157. The lowest BCUT2D eigenvalue weighted by atomic mass is 9.85. The molecule has 2 unspecified atom stereocenters. The Morgan fingerprint density at radius 1 is 0.938 bits per heavy atom. The molecule has 2 heterocycles. The number of carbonyl (C=O) groups excluding carboxylic acids is 3. The highest BCUT2D eigenvalue weighted by Gasteiger charge is 2.47. The van der Waals surface area contributed by atoms with Gasteiger partial charge in [0.2, 0.25) is 11.8 Å². The van der Waals surface area contributed by atoms with E-state index in [0.717, 1.165) is 22.2 Å². The smallest absolute Gasteiger partial charge is 0.255 e. The summed E-state index contributed by atoms with van der Waals surface area (Å²) in [7, 11) is 0. The topological polar surface area (TPSA) is 79.4 Å².